The number of hydrogen-bond acceptors (Lipinski definition) is 7. The van der Waals surface area contributed by atoms with Crippen LogP contribution in [0.2, 0.25) is 0 Å². The minimum Gasteiger partial charge on any atom is -0.473 e. The molecule has 0 fully saturated rings. The number of benzene rings is 1. The van der Waals surface area contributed by atoms with Crippen LogP contribution in [0.5, 0.6) is 17.4 Å². The van der Waals surface area contributed by atoms with E-state index in [1.54, 1.807) is 47.6 Å². The minimum absolute atomic E-state index is 0.101. The first-order chi connectivity index (χ1) is 17.2. The highest BCUT2D eigenvalue weighted by atomic mass is 19.1. The highest BCUT2D eigenvalue weighted by Crippen LogP contribution is 2.35. The van der Waals surface area contributed by atoms with Gasteiger partial charge in [-0.05, 0) is 65.3 Å². The van der Waals surface area contributed by atoms with Crippen molar-refractivity contribution < 1.29 is 27.8 Å². The van der Waals surface area contributed by atoms with Gasteiger partial charge in [-0.15, -0.1) is 0 Å². The summed E-state index contributed by atoms with van der Waals surface area (Å²) >= 11 is 0. The number of carbonyl (C=O) groups is 1. The molecular formula is C26H28F2N4O5. The van der Waals surface area contributed by atoms with E-state index in [1.165, 1.54) is 27.8 Å². The average molecular weight is 515 g/mol. The molecule has 11 heteroatoms. The van der Waals surface area contributed by atoms with Crippen LogP contribution in [-0.2, 0) is 17.9 Å². The molecule has 0 bridgehead atoms. The quantitative estimate of drug-likeness (QED) is 0.466. The predicted octanol–water partition coefficient (Wildman–Crippen LogP) is 5.13. The van der Waals surface area contributed by atoms with Gasteiger partial charge in [-0.1, -0.05) is 0 Å². The van der Waals surface area contributed by atoms with E-state index in [0.29, 0.717) is 5.69 Å². The van der Waals surface area contributed by atoms with Crippen LogP contribution in [0, 0.1) is 18.6 Å². The molecule has 1 aromatic carbocycles. The number of ether oxygens (including phenoxy) is 3. The molecule has 0 radical (unpaired) electrons. The number of carbonyl (C=O) groups excluding carboxylic acids is 1. The molecule has 0 spiro atoms. The number of anilines is 1. The lowest BCUT2D eigenvalue weighted by Gasteiger charge is -2.32. The normalized spacial score (nSPS) is 14.3. The van der Waals surface area contributed by atoms with Crippen molar-refractivity contribution >= 4 is 11.9 Å². The number of aryl methyl sites for hydroxylation is 1. The van der Waals surface area contributed by atoms with E-state index in [2.05, 4.69) is 9.97 Å². The molecule has 0 N–H and O–H groups in total. The second-order valence-electron chi connectivity index (χ2n) is 10.4. The molecule has 0 aliphatic carbocycles. The second-order valence-corrected chi connectivity index (χ2v) is 10.4. The monoisotopic (exact) mass is 514 g/mol. The summed E-state index contributed by atoms with van der Waals surface area (Å²) in [5, 5.41) is 0. The molecule has 2 aromatic heterocycles. The Balaban J connectivity index is 1.55. The van der Waals surface area contributed by atoms with Crippen molar-refractivity contribution in [2.75, 3.05) is 4.90 Å². The number of aromatic nitrogens is 3. The van der Waals surface area contributed by atoms with Crippen molar-refractivity contribution in [1.29, 1.82) is 0 Å². The van der Waals surface area contributed by atoms with Crippen LogP contribution >= 0.6 is 0 Å². The smallest absolute Gasteiger partial charge is 0.416 e. The number of halogens is 2. The summed E-state index contributed by atoms with van der Waals surface area (Å²) < 4.78 is 47.2. The largest absolute Gasteiger partial charge is 0.473 e. The Labute approximate surface area is 212 Å². The molecule has 4 rings (SSSR count). The number of nitrogens with zero attached hydrogens (tertiary/aromatic N) is 4. The lowest BCUT2D eigenvalue weighted by atomic mass is 10.1. The maximum atomic E-state index is 14.7. The Morgan fingerprint density at radius 2 is 1.81 bits per heavy atom. The highest BCUT2D eigenvalue weighted by molar-refractivity contribution is 5.89. The van der Waals surface area contributed by atoms with Gasteiger partial charge in [0.1, 0.15) is 23.8 Å². The topological polar surface area (TPSA) is 95.8 Å². The molecule has 1 aliphatic rings. The van der Waals surface area contributed by atoms with E-state index < -0.39 is 40.3 Å². The van der Waals surface area contributed by atoms with Gasteiger partial charge in [0, 0.05) is 24.0 Å². The molecule has 0 atom stereocenters. The van der Waals surface area contributed by atoms with E-state index in [-0.39, 0.29) is 36.2 Å². The molecule has 9 nitrogen and oxygen atoms in total. The Kier molecular flexibility index (Phi) is 6.66. The zero-order chi connectivity index (χ0) is 27.1. The van der Waals surface area contributed by atoms with E-state index in [4.69, 9.17) is 14.2 Å². The Morgan fingerprint density at radius 1 is 1.14 bits per heavy atom. The van der Waals surface area contributed by atoms with Crippen molar-refractivity contribution in [3.8, 4) is 17.4 Å². The van der Waals surface area contributed by atoms with Gasteiger partial charge in [-0.2, -0.15) is 4.98 Å². The summed E-state index contributed by atoms with van der Waals surface area (Å²) in [6.45, 7) is 10.5. The highest BCUT2D eigenvalue weighted by Gasteiger charge is 2.43. The maximum Gasteiger partial charge on any atom is 0.416 e. The van der Waals surface area contributed by atoms with Crippen molar-refractivity contribution in [3.63, 3.8) is 0 Å². The third-order valence-corrected chi connectivity index (χ3v) is 5.45. The van der Waals surface area contributed by atoms with Crippen molar-refractivity contribution in [3.05, 3.63) is 69.9 Å². The summed E-state index contributed by atoms with van der Waals surface area (Å²) in [5.41, 5.74) is -1.34. The fourth-order valence-corrected chi connectivity index (χ4v) is 3.95. The number of pyridine rings is 1. The van der Waals surface area contributed by atoms with Gasteiger partial charge in [0.15, 0.2) is 17.4 Å². The third-order valence-electron chi connectivity index (χ3n) is 5.45. The summed E-state index contributed by atoms with van der Waals surface area (Å²) in [6.07, 6.45) is 0.851. The van der Waals surface area contributed by atoms with Gasteiger partial charge < -0.3 is 14.2 Å². The van der Waals surface area contributed by atoms with Crippen LogP contribution in [0.3, 0.4) is 0 Å². The predicted molar refractivity (Wildman–Crippen MR) is 131 cm³/mol. The number of amides is 1. The molecule has 196 valence electrons. The lowest BCUT2D eigenvalue weighted by Crippen LogP contribution is -2.47. The van der Waals surface area contributed by atoms with E-state index in [0.717, 1.165) is 12.1 Å². The molecule has 1 amide bonds. The fourth-order valence-electron chi connectivity index (χ4n) is 3.95. The summed E-state index contributed by atoms with van der Waals surface area (Å²) in [7, 11) is 0. The van der Waals surface area contributed by atoms with Crippen molar-refractivity contribution in [2.24, 2.45) is 0 Å². The Bertz CT molecular complexity index is 1390. The SMILES string of the molecule is Cc1cc(Oc2c(F)cc(COc3cc4n(c(=O)n3)CC(C)(C)N4C(=O)OC(C)(C)C)cc2F)ccn1. The van der Waals surface area contributed by atoms with Crippen LogP contribution in [0.15, 0.2) is 41.3 Å². The average Bonchev–Trinajstić information content (AvgIpc) is 3.04. The first-order valence-electron chi connectivity index (χ1n) is 11.6. The standard InChI is InChI=1S/C26H28F2N4O5/c1-15-9-17(7-8-29-15)36-22-18(27)10-16(11-19(22)28)13-35-20-12-21-31(23(33)30-20)14-26(5,6)32(21)24(34)37-25(2,3)4/h7-12H,13-14H2,1-6H3. The number of fused-ring (bicyclic) bond motifs is 1. The molecule has 1 aliphatic heterocycles. The summed E-state index contributed by atoms with van der Waals surface area (Å²) in [5.74, 6) is -2.01. The molecule has 0 saturated carbocycles. The van der Waals surface area contributed by atoms with Crippen LogP contribution in [0.1, 0.15) is 45.9 Å². The Hall–Kier alpha value is -4.02. The molecule has 3 aromatic rings. The summed E-state index contributed by atoms with van der Waals surface area (Å²) in [4.78, 5) is 34.9. The second kappa shape index (κ2) is 9.45. The maximum absolute atomic E-state index is 14.7. The molecule has 0 unspecified atom stereocenters. The third kappa shape index (κ3) is 5.71. The van der Waals surface area contributed by atoms with E-state index in [9.17, 15) is 18.4 Å². The fraction of sp³-hybridized carbons (Fsp3) is 0.385. The number of hydrogen-bond donors (Lipinski definition) is 0. The lowest BCUT2D eigenvalue weighted by molar-refractivity contribution is 0.0552. The first kappa shape index (κ1) is 26.1. The zero-order valence-corrected chi connectivity index (χ0v) is 21.5. The van der Waals surface area contributed by atoms with Gasteiger partial charge >= 0.3 is 11.8 Å². The summed E-state index contributed by atoms with van der Waals surface area (Å²) in [6, 6.07) is 6.61. The van der Waals surface area contributed by atoms with E-state index in [1.807, 2.05) is 0 Å². The van der Waals surface area contributed by atoms with Crippen LogP contribution in [0.25, 0.3) is 0 Å². The van der Waals surface area contributed by atoms with Crippen LogP contribution in [0.4, 0.5) is 19.4 Å². The van der Waals surface area contributed by atoms with Crippen molar-refractivity contribution in [1.82, 2.24) is 14.5 Å². The zero-order valence-electron chi connectivity index (χ0n) is 21.5. The van der Waals surface area contributed by atoms with Crippen LogP contribution in [-0.4, -0.2) is 31.8 Å². The van der Waals surface area contributed by atoms with E-state index >= 15 is 0 Å². The number of rotatable bonds is 5. The van der Waals surface area contributed by atoms with Gasteiger partial charge in [0.2, 0.25) is 5.88 Å². The molecule has 37 heavy (non-hydrogen) atoms. The van der Waals surface area contributed by atoms with Gasteiger partial charge in [0.05, 0.1) is 12.1 Å². The molecular weight excluding hydrogens is 486 g/mol. The van der Waals surface area contributed by atoms with Gasteiger partial charge in [0.25, 0.3) is 0 Å². The first-order valence-corrected chi connectivity index (χ1v) is 11.6. The Morgan fingerprint density at radius 3 is 2.43 bits per heavy atom. The van der Waals surface area contributed by atoms with Crippen molar-refractivity contribution in [2.45, 2.75) is 65.8 Å². The van der Waals surface area contributed by atoms with Gasteiger partial charge in [-0.25, -0.2) is 18.4 Å². The molecule has 0 saturated heterocycles. The van der Waals surface area contributed by atoms with Crippen LogP contribution < -0.4 is 20.1 Å². The van der Waals surface area contributed by atoms with Gasteiger partial charge in [-0.3, -0.25) is 14.5 Å². The minimum atomic E-state index is -0.923. The molecule has 3 heterocycles.